The molecule has 0 aliphatic carbocycles. The van der Waals surface area contributed by atoms with Crippen LogP contribution in [0.3, 0.4) is 0 Å². The molecule has 0 aliphatic heterocycles. The molecule has 0 aliphatic rings. The Labute approximate surface area is 122 Å². The summed E-state index contributed by atoms with van der Waals surface area (Å²) < 4.78 is 0. The minimum absolute atomic E-state index is 0.464. The summed E-state index contributed by atoms with van der Waals surface area (Å²) in [5.41, 5.74) is 10.8. The summed E-state index contributed by atoms with van der Waals surface area (Å²) in [7, 11) is 0. The highest BCUT2D eigenvalue weighted by Gasteiger charge is 2.22. The molecule has 2 aromatic carbocycles. The van der Waals surface area contributed by atoms with Crippen molar-refractivity contribution in [1.82, 2.24) is 0 Å². The van der Waals surface area contributed by atoms with Crippen molar-refractivity contribution in [3.63, 3.8) is 0 Å². The summed E-state index contributed by atoms with van der Waals surface area (Å²) >= 11 is 0. The standard InChI is InChI=1S/C19H25N/c1-4-15(5-2)19(16-8-6-14(3)7-9-16)17-10-12-18(20)13-11-17/h6-13,15,19H,4-5,20H2,1-3H3. The average molecular weight is 267 g/mol. The largest absolute Gasteiger partial charge is 0.399 e. The van der Waals surface area contributed by atoms with Gasteiger partial charge in [0.2, 0.25) is 0 Å². The maximum absolute atomic E-state index is 5.83. The predicted molar refractivity (Wildman–Crippen MR) is 87.9 cm³/mol. The smallest absolute Gasteiger partial charge is 0.0314 e. The number of rotatable bonds is 5. The second kappa shape index (κ2) is 6.60. The predicted octanol–water partition coefficient (Wildman–Crippen LogP) is 5.15. The Bertz CT molecular complexity index is 475. The molecule has 1 atom stereocenters. The van der Waals surface area contributed by atoms with Crippen molar-refractivity contribution in [2.24, 2.45) is 5.92 Å². The Morgan fingerprint density at radius 3 is 1.70 bits per heavy atom. The molecule has 20 heavy (non-hydrogen) atoms. The fourth-order valence-corrected chi connectivity index (χ4v) is 2.97. The number of benzene rings is 2. The van der Waals surface area contributed by atoms with E-state index in [2.05, 4.69) is 57.2 Å². The fraction of sp³-hybridized carbons (Fsp3) is 0.368. The molecule has 0 fully saturated rings. The van der Waals surface area contributed by atoms with Gasteiger partial charge in [-0.2, -0.15) is 0 Å². The first-order valence-corrected chi connectivity index (χ1v) is 7.57. The van der Waals surface area contributed by atoms with Crippen LogP contribution < -0.4 is 5.73 Å². The van der Waals surface area contributed by atoms with Crippen LogP contribution >= 0.6 is 0 Å². The van der Waals surface area contributed by atoms with Crippen LogP contribution in [-0.2, 0) is 0 Å². The van der Waals surface area contributed by atoms with Gasteiger partial charge in [-0.3, -0.25) is 0 Å². The van der Waals surface area contributed by atoms with E-state index in [-0.39, 0.29) is 0 Å². The lowest BCUT2D eigenvalue weighted by molar-refractivity contribution is 0.438. The Hall–Kier alpha value is -1.76. The van der Waals surface area contributed by atoms with Crippen LogP contribution in [0.5, 0.6) is 0 Å². The van der Waals surface area contributed by atoms with E-state index in [1.165, 1.54) is 29.5 Å². The molecule has 1 unspecified atom stereocenters. The maximum atomic E-state index is 5.83. The van der Waals surface area contributed by atoms with E-state index in [1.54, 1.807) is 0 Å². The lowest BCUT2D eigenvalue weighted by Crippen LogP contribution is -2.13. The van der Waals surface area contributed by atoms with Gasteiger partial charge >= 0.3 is 0 Å². The minimum Gasteiger partial charge on any atom is -0.399 e. The lowest BCUT2D eigenvalue weighted by Gasteiger charge is -2.26. The van der Waals surface area contributed by atoms with Gasteiger partial charge in [-0.25, -0.2) is 0 Å². The number of nitrogens with two attached hydrogens (primary N) is 1. The Morgan fingerprint density at radius 1 is 0.800 bits per heavy atom. The number of nitrogen functional groups attached to an aromatic ring is 1. The van der Waals surface area contributed by atoms with Crippen LogP contribution in [0.1, 0.15) is 49.3 Å². The van der Waals surface area contributed by atoms with E-state index >= 15 is 0 Å². The zero-order valence-electron chi connectivity index (χ0n) is 12.8. The first kappa shape index (κ1) is 14.6. The summed E-state index contributed by atoms with van der Waals surface area (Å²) in [6.07, 6.45) is 2.39. The highest BCUT2D eigenvalue weighted by molar-refractivity contribution is 5.43. The van der Waals surface area contributed by atoms with Crippen molar-refractivity contribution in [3.05, 3.63) is 65.2 Å². The zero-order chi connectivity index (χ0) is 14.5. The molecule has 0 bridgehead atoms. The normalized spacial score (nSPS) is 12.6. The summed E-state index contributed by atoms with van der Waals surface area (Å²) in [6, 6.07) is 17.3. The van der Waals surface area contributed by atoms with Gasteiger partial charge in [0.1, 0.15) is 0 Å². The lowest BCUT2D eigenvalue weighted by atomic mass is 9.78. The Kier molecular flexibility index (Phi) is 4.84. The minimum atomic E-state index is 0.464. The molecule has 0 radical (unpaired) electrons. The van der Waals surface area contributed by atoms with E-state index in [1.807, 2.05) is 12.1 Å². The van der Waals surface area contributed by atoms with Gasteiger partial charge in [-0.05, 0) is 36.1 Å². The molecule has 106 valence electrons. The summed E-state index contributed by atoms with van der Waals surface area (Å²) in [4.78, 5) is 0. The second-order valence-electron chi connectivity index (χ2n) is 5.63. The van der Waals surface area contributed by atoms with Crippen LogP contribution in [0, 0.1) is 12.8 Å². The first-order valence-electron chi connectivity index (χ1n) is 7.57. The summed E-state index contributed by atoms with van der Waals surface area (Å²) in [5.74, 6) is 1.13. The molecular formula is C19H25N. The van der Waals surface area contributed by atoms with Crippen molar-refractivity contribution in [1.29, 1.82) is 0 Å². The molecule has 0 amide bonds. The highest BCUT2D eigenvalue weighted by atomic mass is 14.5. The van der Waals surface area contributed by atoms with E-state index in [0.29, 0.717) is 11.8 Å². The highest BCUT2D eigenvalue weighted by Crippen LogP contribution is 2.36. The number of anilines is 1. The third kappa shape index (κ3) is 3.22. The monoisotopic (exact) mass is 267 g/mol. The molecule has 0 aromatic heterocycles. The van der Waals surface area contributed by atoms with Gasteiger partial charge in [0, 0.05) is 11.6 Å². The molecule has 1 heteroatoms. The Morgan fingerprint density at radius 2 is 1.25 bits per heavy atom. The van der Waals surface area contributed by atoms with Crippen LogP contribution in [0.4, 0.5) is 5.69 Å². The number of aryl methyl sites for hydroxylation is 1. The van der Waals surface area contributed by atoms with Gasteiger partial charge < -0.3 is 5.73 Å². The second-order valence-corrected chi connectivity index (χ2v) is 5.63. The summed E-state index contributed by atoms with van der Waals surface area (Å²) in [6.45, 7) is 6.71. The number of hydrogen-bond acceptors (Lipinski definition) is 1. The number of hydrogen-bond donors (Lipinski definition) is 1. The van der Waals surface area contributed by atoms with E-state index in [4.69, 9.17) is 5.73 Å². The molecule has 1 nitrogen and oxygen atoms in total. The van der Waals surface area contributed by atoms with Gasteiger partial charge in [0.05, 0.1) is 0 Å². The maximum Gasteiger partial charge on any atom is 0.0314 e. The van der Waals surface area contributed by atoms with Crippen LogP contribution in [0.25, 0.3) is 0 Å². The van der Waals surface area contributed by atoms with Gasteiger partial charge in [0.25, 0.3) is 0 Å². The molecule has 0 spiro atoms. The van der Waals surface area contributed by atoms with Gasteiger partial charge in [0.15, 0.2) is 0 Å². The van der Waals surface area contributed by atoms with Crippen molar-refractivity contribution in [2.75, 3.05) is 5.73 Å². The van der Waals surface area contributed by atoms with Crippen molar-refractivity contribution < 1.29 is 0 Å². The van der Waals surface area contributed by atoms with E-state index < -0.39 is 0 Å². The SMILES string of the molecule is CCC(CC)C(c1ccc(C)cc1)c1ccc(N)cc1. The molecule has 0 saturated heterocycles. The first-order chi connectivity index (χ1) is 9.65. The summed E-state index contributed by atoms with van der Waals surface area (Å²) in [5, 5.41) is 0. The molecule has 2 aromatic rings. The van der Waals surface area contributed by atoms with Gasteiger partial charge in [-0.15, -0.1) is 0 Å². The fourth-order valence-electron chi connectivity index (χ4n) is 2.97. The van der Waals surface area contributed by atoms with Crippen molar-refractivity contribution >= 4 is 5.69 Å². The van der Waals surface area contributed by atoms with Crippen molar-refractivity contribution in [2.45, 2.75) is 39.5 Å². The van der Waals surface area contributed by atoms with Crippen LogP contribution in [-0.4, -0.2) is 0 Å². The molecule has 2 rings (SSSR count). The van der Waals surface area contributed by atoms with E-state index in [0.717, 1.165) is 5.69 Å². The third-order valence-corrected chi connectivity index (χ3v) is 4.25. The average Bonchev–Trinajstić information content (AvgIpc) is 2.47. The van der Waals surface area contributed by atoms with E-state index in [9.17, 15) is 0 Å². The molecular weight excluding hydrogens is 242 g/mol. The zero-order valence-corrected chi connectivity index (χ0v) is 12.8. The van der Waals surface area contributed by atoms with Crippen LogP contribution in [0.2, 0.25) is 0 Å². The molecule has 0 heterocycles. The third-order valence-electron chi connectivity index (χ3n) is 4.25. The Balaban J connectivity index is 2.43. The molecule has 0 saturated carbocycles. The topological polar surface area (TPSA) is 26.0 Å². The van der Waals surface area contributed by atoms with Crippen LogP contribution in [0.15, 0.2) is 48.5 Å². The quantitative estimate of drug-likeness (QED) is 0.745. The van der Waals surface area contributed by atoms with Gasteiger partial charge in [-0.1, -0.05) is 68.7 Å². The molecule has 2 N–H and O–H groups in total. The van der Waals surface area contributed by atoms with Crippen molar-refractivity contribution in [3.8, 4) is 0 Å².